The molecule has 0 N–H and O–H groups in total. The molecule has 0 aliphatic heterocycles. The Bertz CT molecular complexity index is 503. The van der Waals surface area contributed by atoms with E-state index in [1.165, 1.54) is 12.3 Å². The Labute approximate surface area is 99.8 Å². The second kappa shape index (κ2) is 5.98. The molecule has 1 rings (SSSR count). The van der Waals surface area contributed by atoms with Gasteiger partial charge in [-0.25, -0.2) is 9.38 Å². The highest BCUT2D eigenvalue weighted by atomic mass is 19.1. The van der Waals surface area contributed by atoms with Gasteiger partial charge in [-0.05, 0) is 12.1 Å². The van der Waals surface area contributed by atoms with Gasteiger partial charge in [0.2, 0.25) is 0 Å². The van der Waals surface area contributed by atoms with Crippen LogP contribution in [-0.4, -0.2) is 31.2 Å². The quantitative estimate of drug-likeness (QED) is 0.582. The first-order valence-electron chi connectivity index (χ1n) is 5.12. The number of rotatable bonds is 3. The molecule has 0 radical (unpaired) electrons. The molecule has 0 saturated heterocycles. The largest absolute Gasteiger partial charge is 0.484 e. The maximum atomic E-state index is 13.1. The van der Waals surface area contributed by atoms with Gasteiger partial charge in [0.1, 0.15) is 11.3 Å². The van der Waals surface area contributed by atoms with E-state index in [1.54, 1.807) is 31.7 Å². The van der Waals surface area contributed by atoms with Crippen molar-refractivity contribution in [1.82, 2.24) is 4.57 Å². The summed E-state index contributed by atoms with van der Waals surface area (Å²) < 4.78 is 19.6. The first kappa shape index (κ1) is 13.2. The summed E-state index contributed by atoms with van der Waals surface area (Å²) in [5, 5.41) is 0. The first-order valence-corrected chi connectivity index (χ1v) is 5.12. The Morgan fingerprint density at radius 1 is 1.53 bits per heavy atom. The van der Waals surface area contributed by atoms with E-state index in [4.69, 9.17) is 4.74 Å². The van der Waals surface area contributed by atoms with Crippen LogP contribution in [0.1, 0.15) is 6.92 Å². The predicted molar refractivity (Wildman–Crippen MR) is 66.2 cm³/mol. The summed E-state index contributed by atoms with van der Waals surface area (Å²) in [6, 6.07) is 2.95. The topological polar surface area (TPSA) is 38.9 Å². The molecule has 0 spiro atoms. The highest BCUT2D eigenvalue weighted by molar-refractivity contribution is 5.73. The Morgan fingerprint density at radius 2 is 2.24 bits per heavy atom. The Kier molecular flexibility index (Phi) is 4.63. The molecule has 0 aliphatic carbocycles. The molecule has 0 unspecified atom stereocenters. The number of pyridine rings is 1. The minimum absolute atomic E-state index is 0.330. The summed E-state index contributed by atoms with van der Waals surface area (Å²) in [6.45, 7) is 5.93. The van der Waals surface area contributed by atoms with Crippen LogP contribution in [0.15, 0.2) is 34.9 Å². The van der Waals surface area contributed by atoms with Gasteiger partial charge >= 0.3 is 0 Å². The lowest BCUT2D eigenvalue weighted by molar-refractivity contribution is 0.398. The fourth-order valence-electron chi connectivity index (χ4n) is 1.25. The number of aliphatic imine (C=N–C) groups is 1. The minimum atomic E-state index is -0.342. The Morgan fingerprint density at radius 3 is 2.82 bits per heavy atom. The summed E-state index contributed by atoms with van der Waals surface area (Å²) in [6.07, 6.45) is 1.34. The zero-order valence-electron chi connectivity index (χ0n) is 10.3. The molecule has 4 nitrogen and oxygen atoms in total. The van der Waals surface area contributed by atoms with Crippen molar-refractivity contribution in [2.45, 2.75) is 6.92 Å². The third kappa shape index (κ3) is 3.55. The fraction of sp³-hybridized carbons (Fsp3) is 0.333. The number of hydrogen-bond donors (Lipinski definition) is 0. The van der Waals surface area contributed by atoms with Crippen LogP contribution in [0.2, 0.25) is 0 Å². The van der Waals surface area contributed by atoms with Crippen molar-refractivity contribution in [3.05, 3.63) is 36.2 Å². The Balaban J connectivity index is 3.00. The van der Waals surface area contributed by atoms with Crippen molar-refractivity contribution < 1.29 is 9.13 Å². The van der Waals surface area contributed by atoms with Crippen LogP contribution in [0.4, 0.5) is 4.39 Å². The summed E-state index contributed by atoms with van der Waals surface area (Å²) in [5.74, 6) is 0.212. The highest BCUT2D eigenvalue weighted by Crippen LogP contribution is 2.01. The molecule has 1 aromatic heterocycles. The molecular weight excluding hydrogens is 221 g/mol. The molecule has 0 amide bonds. The number of aromatic nitrogens is 1. The second-order valence-electron chi connectivity index (χ2n) is 3.40. The van der Waals surface area contributed by atoms with Gasteiger partial charge in [-0.3, -0.25) is 4.99 Å². The molecule has 1 aromatic rings. The standard InChI is InChI=1S/C12H16FN3O/c1-9(7-15-10(2)17-4)16-8-11(13)5-6-12(16)14-3/h5-6,8H,1,7H2,2-4H3. The van der Waals surface area contributed by atoms with Crippen LogP contribution in [-0.2, 0) is 4.74 Å². The third-order valence-corrected chi connectivity index (χ3v) is 2.24. The summed E-state index contributed by atoms with van der Waals surface area (Å²) in [5.41, 5.74) is 1.25. The van der Waals surface area contributed by atoms with Gasteiger partial charge in [-0.1, -0.05) is 6.58 Å². The van der Waals surface area contributed by atoms with Gasteiger partial charge in [0.05, 0.1) is 13.7 Å². The van der Waals surface area contributed by atoms with Gasteiger partial charge in [0.25, 0.3) is 0 Å². The summed E-state index contributed by atoms with van der Waals surface area (Å²) in [7, 11) is 3.18. The number of hydrogen-bond acceptors (Lipinski definition) is 3. The Hall–Kier alpha value is -1.91. The van der Waals surface area contributed by atoms with Gasteiger partial charge in [0, 0.05) is 25.9 Å². The van der Waals surface area contributed by atoms with E-state index in [9.17, 15) is 4.39 Å². The maximum absolute atomic E-state index is 13.1. The van der Waals surface area contributed by atoms with Crippen LogP contribution >= 0.6 is 0 Å². The van der Waals surface area contributed by atoms with Crippen LogP contribution in [0.25, 0.3) is 5.70 Å². The van der Waals surface area contributed by atoms with E-state index in [-0.39, 0.29) is 5.82 Å². The van der Waals surface area contributed by atoms with E-state index in [0.29, 0.717) is 23.6 Å². The van der Waals surface area contributed by atoms with E-state index in [1.807, 2.05) is 0 Å². The minimum Gasteiger partial charge on any atom is -0.484 e. The average molecular weight is 237 g/mol. The molecule has 92 valence electrons. The number of halogens is 1. The smallest absolute Gasteiger partial charge is 0.180 e. The molecular formula is C12H16FN3O. The molecule has 0 bridgehead atoms. The van der Waals surface area contributed by atoms with Crippen LogP contribution in [0.5, 0.6) is 0 Å². The van der Waals surface area contributed by atoms with E-state index < -0.39 is 0 Å². The predicted octanol–water partition coefficient (Wildman–Crippen LogP) is 1.69. The van der Waals surface area contributed by atoms with Crippen LogP contribution in [0.3, 0.4) is 0 Å². The van der Waals surface area contributed by atoms with Crippen LogP contribution in [0, 0.1) is 5.82 Å². The van der Waals surface area contributed by atoms with Gasteiger partial charge in [-0.2, -0.15) is 0 Å². The second-order valence-corrected chi connectivity index (χ2v) is 3.40. The van der Waals surface area contributed by atoms with Crippen molar-refractivity contribution in [2.75, 3.05) is 20.7 Å². The highest BCUT2D eigenvalue weighted by Gasteiger charge is 2.00. The van der Waals surface area contributed by atoms with E-state index in [2.05, 4.69) is 16.6 Å². The lowest BCUT2D eigenvalue weighted by Crippen LogP contribution is -2.20. The van der Waals surface area contributed by atoms with E-state index >= 15 is 0 Å². The maximum Gasteiger partial charge on any atom is 0.180 e. The SMILES string of the molecule is C=C(CN=C(C)OC)n1cc(F)ccc1=NC. The lowest BCUT2D eigenvalue weighted by atomic mass is 10.4. The normalized spacial score (nSPS) is 12.7. The molecule has 1 heterocycles. The molecule has 17 heavy (non-hydrogen) atoms. The number of nitrogens with zero attached hydrogens (tertiary/aromatic N) is 3. The monoisotopic (exact) mass is 237 g/mol. The summed E-state index contributed by atoms with van der Waals surface area (Å²) >= 11 is 0. The molecule has 5 heteroatoms. The molecule has 0 saturated carbocycles. The summed E-state index contributed by atoms with van der Waals surface area (Å²) in [4.78, 5) is 8.17. The van der Waals surface area contributed by atoms with E-state index in [0.717, 1.165) is 0 Å². The van der Waals surface area contributed by atoms with Crippen molar-refractivity contribution in [3.63, 3.8) is 0 Å². The third-order valence-electron chi connectivity index (χ3n) is 2.24. The number of methoxy groups -OCH3 is 1. The zero-order valence-corrected chi connectivity index (χ0v) is 10.3. The molecule has 0 aromatic carbocycles. The van der Waals surface area contributed by atoms with Crippen LogP contribution < -0.4 is 5.49 Å². The first-order chi connectivity index (χ1) is 8.08. The lowest BCUT2D eigenvalue weighted by Gasteiger charge is -2.09. The van der Waals surface area contributed by atoms with Crippen molar-refractivity contribution in [3.8, 4) is 0 Å². The van der Waals surface area contributed by atoms with Gasteiger partial charge in [0.15, 0.2) is 5.90 Å². The number of ether oxygens (including phenoxy) is 1. The fourth-order valence-corrected chi connectivity index (χ4v) is 1.25. The molecule has 0 aliphatic rings. The van der Waals surface area contributed by atoms with Crippen molar-refractivity contribution in [2.24, 2.45) is 9.98 Å². The van der Waals surface area contributed by atoms with Gasteiger partial charge < -0.3 is 9.30 Å². The zero-order chi connectivity index (χ0) is 12.8. The van der Waals surface area contributed by atoms with Crippen molar-refractivity contribution in [1.29, 1.82) is 0 Å². The van der Waals surface area contributed by atoms with Gasteiger partial charge in [-0.15, -0.1) is 0 Å². The molecule has 0 fully saturated rings. The van der Waals surface area contributed by atoms with Crippen molar-refractivity contribution >= 4 is 11.6 Å². The molecule has 0 atom stereocenters. The average Bonchev–Trinajstić information content (AvgIpc) is 2.35.